The summed E-state index contributed by atoms with van der Waals surface area (Å²) in [6.07, 6.45) is 11.6. The molecule has 0 fully saturated rings. The number of hydrogen-bond donors (Lipinski definition) is 0. The molecule has 0 heterocycles. The molecule has 0 heteroatoms. The molecule has 0 aromatic heterocycles. The third kappa shape index (κ3) is 6.78. The van der Waals surface area contributed by atoms with Gasteiger partial charge in [-0.05, 0) is 31.2 Å². The minimum Gasteiger partial charge on any atom is -0.0840 e. The highest BCUT2D eigenvalue weighted by molar-refractivity contribution is 5.21. The summed E-state index contributed by atoms with van der Waals surface area (Å²) in [5, 5.41) is 0. The molecule has 0 bridgehead atoms. The third-order valence-electron chi connectivity index (χ3n) is 2.73. The molecule has 0 atom stereocenters. The summed E-state index contributed by atoms with van der Waals surface area (Å²) in [7, 11) is 0. The topological polar surface area (TPSA) is 0 Å². The first-order valence-electron chi connectivity index (χ1n) is 6.26. The lowest BCUT2D eigenvalue weighted by Crippen LogP contribution is -1.80. The molecule has 94 valence electrons. The number of benzene rings is 1. The second-order valence-electron chi connectivity index (χ2n) is 3.95. The van der Waals surface area contributed by atoms with Gasteiger partial charge in [0, 0.05) is 0 Å². The Morgan fingerprint density at radius 3 is 2.00 bits per heavy atom. The highest BCUT2D eigenvalue weighted by Gasteiger charge is 1.90. The van der Waals surface area contributed by atoms with Crippen molar-refractivity contribution in [3.63, 3.8) is 0 Å². The van der Waals surface area contributed by atoms with Crippen LogP contribution in [0.3, 0.4) is 0 Å². The van der Waals surface area contributed by atoms with Crippen molar-refractivity contribution in [1.82, 2.24) is 0 Å². The molecule has 2 rings (SSSR count). The molecule has 0 spiro atoms. The smallest absolute Gasteiger partial charge is 0.0307 e. The Morgan fingerprint density at radius 2 is 1.65 bits per heavy atom. The highest BCUT2D eigenvalue weighted by Crippen LogP contribution is 2.11. The van der Waals surface area contributed by atoms with Crippen LogP contribution in [-0.4, -0.2) is 0 Å². The summed E-state index contributed by atoms with van der Waals surface area (Å²) in [6.45, 7) is 4.36. The van der Waals surface area contributed by atoms with Gasteiger partial charge in [0.25, 0.3) is 0 Å². The van der Waals surface area contributed by atoms with Gasteiger partial charge in [-0.2, -0.15) is 0 Å². The fourth-order valence-electron chi connectivity index (χ4n) is 1.64. The first-order chi connectivity index (χ1) is 7.86. The normalized spacial score (nSPS) is 12.9. The van der Waals surface area contributed by atoms with Crippen molar-refractivity contribution in [3.05, 3.63) is 59.7 Å². The Labute approximate surface area is 107 Å². The molecule has 1 aromatic rings. The molecule has 0 saturated carbocycles. The lowest BCUT2D eigenvalue weighted by molar-refractivity contribution is 0.984. The first kappa shape index (κ1) is 15.7. The lowest BCUT2D eigenvalue weighted by Gasteiger charge is -2.01. The average Bonchev–Trinajstić information content (AvgIpc) is 2.41. The van der Waals surface area contributed by atoms with Crippen LogP contribution in [0.4, 0.5) is 0 Å². The van der Waals surface area contributed by atoms with E-state index in [4.69, 9.17) is 0 Å². The van der Waals surface area contributed by atoms with Gasteiger partial charge in [-0.15, -0.1) is 0 Å². The maximum absolute atomic E-state index is 2.32. The Hall–Kier alpha value is -1.30. The number of rotatable bonds is 2. The molecule has 0 amide bonds. The van der Waals surface area contributed by atoms with Crippen LogP contribution >= 0.6 is 0 Å². The van der Waals surface area contributed by atoms with E-state index in [1.165, 1.54) is 30.4 Å². The quantitative estimate of drug-likeness (QED) is 0.624. The van der Waals surface area contributed by atoms with Crippen molar-refractivity contribution in [2.24, 2.45) is 0 Å². The van der Waals surface area contributed by atoms with Crippen molar-refractivity contribution >= 4 is 0 Å². The Bertz CT molecular complexity index is 330. The SMILES string of the molecule is C.CCC1=CCCC=C1.CCc1ccccc1. The molecule has 17 heavy (non-hydrogen) atoms. The first-order valence-corrected chi connectivity index (χ1v) is 6.26. The van der Waals surface area contributed by atoms with Gasteiger partial charge in [0.15, 0.2) is 0 Å². The Balaban J connectivity index is 0.000000284. The van der Waals surface area contributed by atoms with E-state index in [1.807, 2.05) is 6.07 Å². The van der Waals surface area contributed by atoms with Crippen LogP contribution in [0.2, 0.25) is 0 Å². The summed E-state index contributed by atoms with van der Waals surface area (Å²) in [5.41, 5.74) is 2.91. The zero-order valence-corrected chi connectivity index (χ0v) is 10.4. The Morgan fingerprint density at radius 1 is 0.941 bits per heavy atom. The Kier molecular flexibility index (Phi) is 9.14. The van der Waals surface area contributed by atoms with Gasteiger partial charge < -0.3 is 0 Å². The summed E-state index contributed by atoms with van der Waals surface area (Å²) < 4.78 is 0. The van der Waals surface area contributed by atoms with E-state index in [0.29, 0.717) is 0 Å². The second kappa shape index (κ2) is 9.89. The minimum absolute atomic E-state index is 0. The summed E-state index contributed by atoms with van der Waals surface area (Å²) in [5.74, 6) is 0. The molecule has 0 N–H and O–H groups in total. The third-order valence-corrected chi connectivity index (χ3v) is 2.73. The van der Waals surface area contributed by atoms with Gasteiger partial charge in [0.05, 0.1) is 0 Å². The van der Waals surface area contributed by atoms with Gasteiger partial charge in [0.2, 0.25) is 0 Å². The van der Waals surface area contributed by atoms with Gasteiger partial charge in [-0.25, -0.2) is 0 Å². The van der Waals surface area contributed by atoms with Crippen LogP contribution in [0.25, 0.3) is 0 Å². The van der Waals surface area contributed by atoms with Crippen molar-refractivity contribution in [2.75, 3.05) is 0 Å². The summed E-state index contributed by atoms with van der Waals surface area (Å²) in [6, 6.07) is 10.5. The number of allylic oxidation sites excluding steroid dienone is 4. The average molecular weight is 230 g/mol. The molecule has 0 unspecified atom stereocenters. The van der Waals surface area contributed by atoms with E-state index in [1.54, 1.807) is 0 Å². The molecule has 1 aliphatic carbocycles. The van der Waals surface area contributed by atoms with Crippen LogP contribution < -0.4 is 0 Å². The van der Waals surface area contributed by atoms with Gasteiger partial charge >= 0.3 is 0 Å². The monoisotopic (exact) mass is 230 g/mol. The van der Waals surface area contributed by atoms with Crippen LogP contribution in [0.1, 0.15) is 46.1 Å². The summed E-state index contributed by atoms with van der Waals surface area (Å²) >= 11 is 0. The molecule has 0 saturated heterocycles. The molecule has 0 aliphatic heterocycles. The molecule has 0 nitrogen and oxygen atoms in total. The highest BCUT2D eigenvalue weighted by atomic mass is 14.0. The fourth-order valence-corrected chi connectivity index (χ4v) is 1.64. The fraction of sp³-hybridized carbons (Fsp3) is 0.412. The van der Waals surface area contributed by atoms with E-state index in [0.717, 1.165) is 6.42 Å². The molecule has 0 radical (unpaired) electrons. The zero-order chi connectivity index (χ0) is 11.6. The number of aryl methyl sites for hydroxylation is 1. The summed E-state index contributed by atoms with van der Waals surface area (Å²) in [4.78, 5) is 0. The van der Waals surface area contributed by atoms with Crippen molar-refractivity contribution in [3.8, 4) is 0 Å². The molecular weight excluding hydrogens is 204 g/mol. The van der Waals surface area contributed by atoms with E-state index in [9.17, 15) is 0 Å². The van der Waals surface area contributed by atoms with Gasteiger partial charge in [-0.1, -0.05) is 75.4 Å². The predicted octanol–water partition coefficient (Wildman–Crippen LogP) is 5.56. The maximum Gasteiger partial charge on any atom is -0.0307 e. The second-order valence-corrected chi connectivity index (χ2v) is 3.95. The predicted molar refractivity (Wildman–Crippen MR) is 79.3 cm³/mol. The molecule has 1 aliphatic rings. The van der Waals surface area contributed by atoms with Gasteiger partial charge in [-0.3, -0.25) is 0 Å². The largest absolute Gasteiger partial charge is 0.0840 e. The van der Waals surface area contributed by atoms with E-state index in [2.05, 4.69) is 56.3 Å². The lowest BCUT2D eigenvalue weighted by atomic mass is 10.1. The maximum atomic E-state index is 2.32. The van der Waals surface area contributed by atoms with Crippen LogP contribution in [0.15, 0.2) is 54.1 Å². The minimum atomic E-state index is 0. The van der Waals surface area contributed by atoms with E-state index >= 15 is 0 Å². The van der Waals surface area contributed by atoms with Crippen molar-refractivity contribution in [2.45, 2.75) is 47.0 Å². The van der Waals surface area contributed by atoms with E-state index in [-0.39, 0.29) is 7.43 Å². The molecular formula is C17H26. The van der Waals surface area contributed by atoms with E-state index < -0.39 is 0 Å². The van der Waals surface area contributed by atoms with Crippen LogP contribution in [0, 0.1) is 0 Å². The van der Waals surface area contributed by atoms with Crippen molar-refractivity contribution in [1.29, 1.82) is 0 Å². The number of hydrogen-bond acceptors (Lipinski definition) is 0. The van der Waals surface area contributed by atoms with Crippen molar-refractivity contribution < 1.29 is 0 Å². The van der Waals surface area contributed by atoms with Crippen LogP contribution in [-0.2, 0) is 6.42 Å². The van der Waals surface area contributed by atoms with Crippen LogP contribution in [0.5, 0.6) is 0 Å². The van der Waals surface area contributed by atoms with Gasteiger partial charge in [0.1, 0.15) is 0 Å². The zero-order valence-electron chi connectivity index (χ0n) is 10.4. The standard InChI is InChI=1S/C8H12.C8H10.CH4/c2*1-2-8-6-4-3-5-7-8;/h4,6-7H,2-3,5H2,1H3;3-7H,2H2,1H3;1H4. The molecule has 1 aromatic carbocycles.